The zero-order valence-electron chi connectivity index (χ0n) is 12.2. The first-order valence-electron chi connectivity index (χ1n) is 6.85. The molecule has 1 unspecified atom stereocenters. The lowest BCUT2D eigenvalue weighted by Crippen LogP contribution is -2.18. The molecule has 0 aliphatic rings. The highest BCUT2D eigenvalue weighted by Crippen LogP contribution is 2.21. The van der Waals surface area contributed by atoms with Gasteiger partial charge in [0.2, 0.25) is 0 Å². The third-order valence-corrected chi connectivity index (χ3v) is 4.93. The van der Waals surface area contributed by atoms with Crippen molar-refractivity contribution in [2.75, 3.05) is 0 Å². The number of rotatable bonds is 5. The van der Waals surface area contributed by atoms with E-state index in [1.807, 2.05) is 17.5 Å². The molecule has 2 nitrogen and oxygen atoms in total. The van der Waals surface area contributed by atoms with Gasteiger partial charge < -0.3 is 5.32 Å². The molecule has 0 bridgehead atoms. The molecule has 0 amide bonds. The van der Waals surface area contributed by atoms with Crippen molar-refractivity contribution in [3.05, 3.63) is 51.0 Å². The van der Waals surface area contributed by atoms with E-state index in [0.717, 1.165) is 13.0 Å². The summed E-state index contributed by atoms with van der Waals surface area (Å²) < 4.78 is 0. The van der Waals surface area contributed by atoms with E-state index in [1.54, 1.807) is 0 Å². The average molecular weight is 274 g/mol. The van der Waals surface area contributed by atoms with Gasteiger partial charge in [-0.15, -0.1) is 11.3 Å². The highest BCUT2D eigenvalue weighted by molar-refractivity contribution is 7.11. The van der Waals surface area contributed by atoms with Gasteiger partial charge in [0.1, 0.15) is 5.01 Å². The van der Waals surface area contributed by atoms with Gasteiger partial charge in [0.25, 0.3) is 0 Å². The molecule has 0 fully saturated rings. The number of aryl methyl sites for hydroxylation is 2. The SMILES string of the molecule is CCc1cnc(C(C)NCc2cccc(C)c2C)s1. The van der Waals surface area contributed by atoms with Gasteiger partial charge in [0.15, 0.2) is 0 Å². The molecule has 1 N–H and O–H groups in total. The van der Waals surface area contributed by atoms with Crippen LogP contribution in [-0.2, 0) is 13.0 Å². The number of thiazole rings is 1. The fraction of sp³-hybridized carbons (Fsp3) is 0.438. The van der Waals surface area contributed by atoms with Crippen LogP contribution in [0, 0.1) is 13.8 Å². The normalized spacial score (nSPS) is 12.6. The Morgan fingerprint density at radius 3 is 2.79 bits per heavy atom. The van der Waals surface area contributed by atoms with Gasteiger partial charge in [-0.3, -0.25) is 0 Å². The lowest BCUT2D eigenvalue weighted by Gasteiger charge is -2.13. The summed E-state index contributed by atoms with van der Waals surface area (Å²) in [6, 6.07) is 6.80. The molecule has 1 aromatic carbocycles. The molecule has 0 spiro atoms. The van der Waals surface area contributed by atoms with Crippen LogP contribution in [0.3, 0.4) is 0 Å². The summed E-state index contributed by atoms with van der Waals surface area (Å²) in [7, 11) is 0. The van der Waals surface area contributed by atoms with Crippen LogP contribution in [0.25, 0.3) is 0 Å². The molecule has 0 saturated carbocycles. The van der Waals surface area contributed by atoms with Gasteiger partial charge in [-0.05, 0) is 43.9 Å². The maximum Gasteiger partial charge on any atom is 0.109 e. The van der Waals surface area contributed by atoms with Crippen molar-refractivity contribution >= 4 is 11.3 Å². The highest BCUT2D eigenvalue weighted by Gasteiger charge is 2.10. The summed E-state index contributed by atoms with van der Waals surface area (Å²) in [5.74, 6) is 0. The average Bonchev–Trinajstić information content (AvgIpc) is 2.89. The summed E-state index contributed by atoms with van der Waals surface area (Å²) in [5, 5.41) is 4.75. The second-order valence-electron chi connectivity index (χ2n) is 4.98. The molecule has 1 aromatic heterocycles. The summed E-state index contributed by atoms with van der Waals surface area (Å²) >= 11 is 1.81. The molecular formula is C16H22N2S. The minimum Gasteiger partial charge on any atom is -0.304 e. The van der Waals surface area contributed by atoms with Crippen LogP contribution in [0.15, 0.2) is 24.4 Å². The van der Waals surface area contributed by atoms with E-state index in [9.17, 15) is 0 Å². The zero-order valence-corrected chi connectivity index (χ0v) is 13.0. The number of hydrogen-bond acceptors (Lipinski definition) is 3. The van der Waals surface area contributed by atoms with Crippen molar-refractivity contribution in [3.8, 4) is 0 Å². The summed E-state index contributed by atoms with van der Waals surface area (Å²) in [5.41, 5.74) is 4.11. The molecule has 102 valence electrons. The van der Waals surface area contributed by atoms with E-state index in [0.29, 0.717) is 6.04 Å². The number of nitrogens with zero attached hydrogens (tertiary/aromatic N) is 1. The molecule has 0 saturated heterocycles. The van der Waals surface area contributed by atoms with Crippen LogP contribution in [0.1, 0.15) is 46.5 Å². The third-order valence-electron chi connectivity index (χ3n) is 3.61. The van der Waals surface area contributed by atoms with Crippen LogP contribution in [0.4, 0.5) is 0 Å². The maximum absolute atomic E-state index is 4.50. The van der Waals surface area contributed by atoms with Gasteiger partial charge in [-0.1, -0.05) is 25.1 Å². The van der Waals surface area contributed by atoms with Crippen LogP contribution in [-0.4, -0.2) is 4.98 Å². The highest BCUT2D eigenvalue weighted by atomic mass is 32.1. The van der Waals surface area contributed by atoms with Gasteiger partial charge in [0, 0.05) is 17.6 Å². The lowest BCUT2D eigenvalue weighted by molar-refractivity contribution is 0.570. The Labute approximate surface area is 119 Å². The van der Waals surface area contributed by atoms with E-state index in [4.69, 9.17) is 0 Å². The van der Waals surface area contributed by atoms with E-state index in [2.05, 4.69) is 56.2 Å². The Morgan fingerprint density at radius 2 is 2.11 bits per heavy atom. The fourth-order valence-corrected chi connectivity index (χ4v) is 2.92. The predicted molar refractivity (Wildman–Crippen MR) is 82.7 cm³/mol. The first-order valence-corrected chi connectivity index (χ1v) is 7.66. The monoisotopic (exact) mass is 274 g/mol. The van der Waals surface area contributed by atoms with Crippen molar-refractivity contribution < 1.29 is 0 Å². The van der Waals surface area contributed by atoms with Crippen molar-refractivity contribution in [3.63, 3.8) is 0 Å². The zero-order chi connectivity index (χ0) is 13.8. The molecule has 1 atom stereocenters. The summed E-state index contributed by atoms with van der Waals surface area (Å²) in [6.07, 6.45) is 3.07. The Bertz CT molecular complexity index is 545. The third kappa shape index (κ3) is 3.43. The van der Waals surface area contributed by atoms with Crippen molar-refractivity contribution in [2.24, 2.45) is 0 Å². The minimum atomic E-state index is 0.310. The first-order chi connectivity index (χ1) is 9.11. The number of benzene rings is 1. The summed E-state index contributed by atoms with van der Waals surface area (Å²) in [4.78, 5) is 5.85. The molecule has 2 rings (SSSR count). The molecule has 1 heterocycles. The standard InChI is InChI=1S/C16H22N2S/c1-5-15-10-18-16(19-15)13(4)17-9-14-8-6-7-11(2)12(14)3/h6-8,10,13,17H,5,9H2,1-4H3. The molecule has 0 aliphatic heterocycles. The Kier molecular flexibility index (Phi) is 4.72. The van der Waals surface area contributed by atoms with Gasteiger partial charge in [-0.2, -0.15) is 0 Å². The van der Waals surface area contributed by atoms with Crippen molar-refractivity contribution in [2.45, 2.75) is 46.7 Å². The van der Waals surface area contributed by atoms with Gasteiger partial charge in [0.05, 0.1) is 6.04 Å². The smallest absolute Gasteiger partial charge is 0.109 e. The summed E-state index contributed by atoms with van der Waals surface area (Å²) in [6.45, 7) is 9.61. The number of nitrogens with one attached hydrogen (secondary N) is 1. The predicted octanol–water partition coefficient (Wildman–Crippen LogP) is 4.17. The number of aromatic nitrogens is 1. The van der Waals surface area contributed by atoms with Crippen LogP contribution in [0.2, 0.25) is 0 Å². The molecule has 0 aliphatic carbocycles. The lowest BCUT2D eigenvalue weighted by atomic mass is 10.0. The largest absolute Gasteiger partial charge is 0.304 e. The van der Waals surface area contributed by atoms with Crippen molar-refractivity contribution in [1.82, 2.24) is 10.3 Å². The molecule has 19 heavy (non-hydrogen) atoms. The quantitative estimate of drug-likeness (QED) is 0.885. The van der Waals surface area contributed by atoms with E-state index >= 15 is 0 Å². The minimum absolute atomic E-state index is 0.310. The van der Waals surface area contributed by atoms with Gasteiger partial charge >= 0.3 is 0 Å². The molecular weight excluding hydrogens is 252 g/mol. The number of hydrogen-bond donors (Lipinski definition) is 1. The fourth-order valence-electron chi connectivity index (χ4n) is 2.04. The van der Waals surface area contributed by atoms with E-state index < -0.39 is 0 Å². The Hall–Kier alpha value is -1.19. The molecule has 2 aromatic rings. The first kappa shape index (κ1) is 14.2. The second kappa shape index (κ2) is 6.31. The maximum atomic E-state index is 4.50. The Balaban J connectivity index is 2.00. The Morgan fingerprint density at radius 1 is 1.32 bits per heavy atom. The molecule has 3 heteroatoms. The van der Waals surface area contributed by atoms with E-state index in [-0.39, 0.29) is 0 Å². The van der Waals surface area contributed by atoms with Crippen LogP contribution < -0.4 is 5.32 Å². The van der Waals surface area contributed by atoms with Gasteiger partial charge in [-0.25, -0.2) is 4.98 Å². The second-order valence-corrected chi connectivity index (χ2v) is 6.13. The topological polar surface area (TPSA) is 24.9 Å². The van der Waals surface area contributed by atoms with Crippen LogP contribution >= 0.6 is 11.3 Å². The molecule has 0 radical (unpaired) electrons. The van der Waals surface area contributed by atoms with E-state index in [1.165, 1.54) is 26.6 Å². The van der Waals surface area contributed by atoms with Crippen LogP contribution in [0.5, 0.6) is 0 Å². The van der Waals surface area contributed by atoms with Crippen molar-refractivity contribution in [1.29, 1.82) is 0 Å².